The number of carboxylic acid groups (broad SMARTS) is 1. The van der Waals surface area contributed by atoms with Gasteiger partial charge in [-0.2, -0.15) is 5.26 Å². The number of unbranched alkanes of at least 4 members (excludes halogenated alkanes) is 1. The Morgan fingerprint density at radius 1 is 1.00 bits per heavy atom. The fourth-order valence-corrected chi connectivity index (χ4v) is 2.68. The number of nitrogens with one attached hydrogen (secondary N) is 1. The van der Waals surface area contributed by atoms with Crippen LogP contribution in [-0.4, -0.2) is 23.0 Å². The predicted octanol–water partition coefficient (Wildman–Crippen LogP) is 3.08. The quantitative estimate of drug-likeness (QED) is 0.725. The Balaban J connectivity index is 2.23. The molecular formula is C20H20N2O3. The van der Waals surface area contributed by atoms with Crippen LogP contribution in [0.25, 0.3) is 0 Å². The first-order valence-corrected chi connectivity index (χ1v) is 8.13. The van der Waals surface area contributed by atoms with Crippen molar-refractivity contribution in [2.24, 2.45) is 0 Å². The van der Waals surface area contributed by atoms with Gasteiger partial charge in [-0.05, 0) is 24.0 Å². The number of rotatable bonds is 8. The summed E-state index contributed by atoms with van der Waals surface area (Å²) < 4.78 is 0. The molecule has 128 valence electrons. The summed E-state index contributed by atoms with van der Waals surface area (Å²) in [6.45, 7) is 0. The third-order valence-electron chi connectivity index (χ3n) is 3.92. The number of carboxylic acids is 1. The average molecular weight is 336 g/mol. The Kier molecular flexibility index (Phi) is 6.73. The lowest BCUT2D eigenvalue weighted by Gasteiger charge is -2.21. The Hall–Kier alpha value is -3.13. The molecule has 0 fully saturated rings. The zero-order valence-corrected chi connectivity index (χ0v) is 13.8. The van der Waals surface area contributed by atoms with Gasteiger partial charge in [0, 0.05) is 6.42 Å². The van der Waals surface area contributed by atoms with E-state index in [0.29, 0.717) is 6.42 Å². The van der Waals surface area contributed by atoms with Crippen LogP contribution in [0.1, 0.15) is 36.3 Å². The third kappa shape index (κ3) is 5.18. The predicted molar refractivity (Wildman–Crippen MR) is 93.8 cm³/mol. The fraction of sp³-hybridized carbons (Fsp3) is 0.250. The maximum absolute atomic E-state index is 12.9. The van der Waals surface area contributed by atoms with E-state index in [1.54, 1.807) is 0 Å². The van der Waals surface area contributed by atoms with Crippen LogP contribution in [0.2, 0.25) is 0 Å². The van der Waals surface area contributed by atoms with E-state index in [1.807, 2.05) is 66.7 Å². The zero-order chi connectivity index (χ0) is 18.1. The number of benzene rings is 2. The van der Waals surface area contributed by atoms with Crippen LogP contribution in [0.5, 0.6) is 0 Å². The second-order valence-electron chi connectivity index (χ2n) is 5.70. The second-order valence-corrected chi connectivity index (χ2v) is 5.70. The number of nitrogens with zero attached hydrogens (tertiary/aromatic N) is 1. The molecule has 0 heterocycles. The Labute approximate surface area is 146 Å². The van der Waals surface area contributed by atoms with Crippen molar-refractivity contribution in [3.8, 4) is 6.07 Å². The first-order chi connectivity index (χ1) is 12.1. The van der Waals surface area contributed by atoms with E-state index in [2.05, 4.69) is 5.32 Å². The average Bonchev–Trinajstić information content (AvgIpc) is 2.63. The highest BCUT2D eigenvalue weighted by Gasteiger charge is 2.27. The molecule has 0 aliphatic heterocycles. The van der Waals surface area contributed by atoms with Crippen LogP contribution < -0.4 is 5.32 Å². The molecule has 0 spiro atoms. The number of hydrogen-bond acceptors (Lipinski definition) is 3. The molecule has 0 saturated carbocycles. The largest absolute Gasteiger partial charge is 0.480 e. The highest BCUT2D eigenvalue weighted by atomic mass is 16.4. The van der Waals surface area contributed by atoms with Gasteiger partial charge in [0.15, 0.2) is 0 Å². The summed E-state index contributed by atoms with van der Waals surface area (Å²) >= 11 is 0. The van der Waals surface area contributed by atoms with Gasteiger partial charge in [-0.3, -0.25) is 4.79 Å². The number of carbonyl (C=O) groups is 2. The van der Waals surface area contributed by atoms with E-state index in [9.17, 15) is 14.7 Å². The van der Waals surface area contributed by atoms with Crippen LogP contribution >= 0.6 is 0 Å². The summed E-state index contributed by atoms with van der Waals surface area (Å²) in [5, 5.41) is 20.6. The van der Waals surface area contributed by atoms with Crippen molar-refractivity contribution in [3.05, 3.63) is 71.8 Å². The molecule has 0 radical (unpaired) electrons. The third-order valence-corrected chi connectivity index (χ3v) is 3.92. The number of carbonyl (C=O) groups excluding carboxylic acids is 1. The second kappa shape index (κ2) is 9.24. The molecule has 1 amide bonds. The van der Waals surface area contributed by atoms with E-state index in [-0.39, 0.29) is 18.7 Å². The lowest BCUT2D eigenvalue weighted by atomic mass is 9.90. The summed E-state index contributed by atoms with van der Waals surface area (Å²) in [5.41, 5.74) is 1.60. The van der Waals surface area contributed by atoms with Crippen LogP contribution in [0.3, 0.4) is 0 Å². The summed E-state index contributed by atoms with van der Waals surface area (Å²) in [5.74, 6) is -2.03. The van der Waals surface area contributed by atoms with Crippen molar-refractivity contribution in [2.45, 2.75) is 31.2 Å². The van der Waals surface area contributed by atoms with Gasteiger partial charge < -0.3 is 10.4 Å². The summed E-state index contributed by atoms with van der Waals surface area (Å²) in [7, 11) is 0. The van der Waals surface area contributed by atoms with Gasteiger partial charge >= 0.3 is 5.97 Å². The van der Waals surface area contributed by atoms with Crippen LogP contribution in [0, 0.1) is 11.3 Å². The molecule has 0 bridgehead atoms. The van der Waals surface area contributed by atoms with Gasteiger partial charge in [0.05, 0.1) is 12.0 Å². The van der Waals surface area contributed by atoms with Gasteiger partial charge in [0.25, 0.3) is 0 Å². The normalized spacial score (nSPS) is 11.5. The monoisotopic (exact) mass is 336 g/mol. The maximum atomic E-state index is 12.9. The Bertz CT molecular complexity index is 699. The smallest absolute Gasteiger partial charge is 0.326 e. The van der Waals surface area contributed by atoms with Crippen LogP contribution in [-0.2, 0) is 9.59 Å². The van der Waals surface area contributed by atoms with E-state index in [1.165, 1.54) is 0 Å². The van der Waals surface area contributed by atoms with E-state index in [0.717, 1.165) is 11.1 Å². The molecule has 0 aliphatic rings. The Morgan fingerprint density at radius 2 is 1.52 bits per heavy atom. The minimum absolute atomic E-state index is 0.227. The fourth-order valence-electron chi connectivity index (χ4n) is 2.68. The molecule has 0 aromatic heterocycles. The number of nitriles is 1. The molecule has 2 aromatic rings. The molecule has 0 unspecified atom stereocenters. The molecule has 25 heavy (non-hydrogen) atoms. The molecule has 5 nitrogen and oxygen atoms in total. The summed E-state index contributed by atoms with van der Waals surface area (Å²) in [4.78, 5) is 24.3. The SMILES string of the molecule is N#CCCC[C@H](NC(=O)C(c1ccccc1)c1ccccc1)C(=O)O. The topological polar surface area (TPSA) is 90.2 Å². The first kappa shape index (κ1) is 18.2. The Morgan fingerprint density at radius 3 is 1.96 bits per heavy atom. The highest BCUT2D eigenvalue weighted by molar-refractivity contribution is 5.90. The van der Waals surface area contributed by atoms with Crippen molar-refractivity contribution in [2.75, 3.05) is 0 Å². The minimum atomic E-state index is -1.09. The van der Waals surface area contributed by atoms with Gasteiger partial charge in [0.2, 0.25) is 5.91 Å². The molecular weight excluding hydrogens is 316 g/mol. The van der Waals surface area contributed by atoms with Crippen molar-refractivity contribution >= 4 is 11.9 Å². The van der Waals surface area contributed by atoms with E-state index in [4.69, 9.17) is 5.26 Å². The standard InChI is InChI=1S/C20H20N2O3/c21-14-8-7-13-17(20(24)25)22-19(23)18(15-9-3-1-4-10-15)16-11-5-2-6-12-16/h1-6,9-12,17-18H,7-8,13H2,(H,22,23)(H,24,25)/t17-/m0/s1. The highest BCUT2D eigenvalue weighted by Crippen LogP contribution is 2.25. The minimum Gasteiger partial charge on any atom is -0.480 e. The molecule has 2 aromatic carbocycles. The van der Waals surface area contributed by atoms with Gasteiger partial charge in [-0.25, -0.2) is 4.79 Å². The number of aliphatic carboxylic acids is 1. The van der Waals surface area contributed by atoms with Gasteiger partial charge in [0.1, 0.15) is 6.04 Å². The molecule has 2 rings (SSSR count). The first-order valence-electron chi connectivity index (χ1n) is 8.13. The van der Waals surface area contributed by atoms with E-state index >= 15 is 0 Å². The van der Waals surface area contributed by atoms with Crippen molar-refractivity contribution in [3.63, 3.8) is 0 Å². The van der Waals surface area contributed by atoms with Gasteiger partial charge in [-0.1, -0.05) is 60.7 Å². The number of amides is 1. The van der Waals surface area contributed by atoms with Gasteiger partial charge in [-0.15, -0.1) is 0 Å². The van der Waals surface area contributed by atoms with Crippen molar-refractivity contribution in [1.82, 2.24) is 5.32 Å². The van der Waals surface area contributed by atoms with Crippen LogP contribution in [0.15, 0.2) is 60.7 Å². The lowest BCUT2D eigenvalue weighted by Crippen LogP contribution is -2.43. The molecule has 5 heteroatoms. The maximum Gasteiger partial charge on any atom is 0.326 e. The lowest BCUT2D eigenvalue weighted by molar-refractivity contribution is -0.142. The summed E-state index contributed by atoms with van der Waals surface area (Å²) in [6, 6.07) is 19.5. The van der Waals surface area contributed by atoms with E-state index < -0.39 is 17.9 Å². The zero-order valence-electron chi connectivity index (χ0n) is 13.8. The van der Waals surface area contributed by atoms with Crippen LogP contribution in [0.4, 0.5) is 0 Å². The number of hydrogen-bond donors (Lipinski definition) is 2. The molecule has 0 aliphatic carbocycles. The molecule has 1 atom stereocenters. The van der Waals surface area contributed by atoms with Crippen molar-refractivity contribution < 1.29 is 14.7 Å². The molecule has 2 N–H and O–H groups in total. The van der Waals surface area contributed by atoms with Crippen molar-refractivity contribution in [1.29, 1.82) is 5.26 Å². The molecule has 0 saturated heterocycles. The summed E-state index contributed by atoms with van der Waals surface area (Å²) in [6.07, 6.45) is 0.917.